The Morgan fingerprint density at radius 3 is 1.02 bits per heavy atom. The van der Waals surface area contributed by atoms with E-state index in [2.05, 4.69) is 16.0 Å². The number of benzene rings is 3. The molecule has 3 aromatic rings. The van der Waals surface area contributed by atoms with E-state index >= 15 is 0 Å². The van der Waals surface area contributed by atoms with Crippen LogP contribution < -0.4 is 16.0 Å². The van der Waals surface area contributed by atoms with Gasteiger partial charge in [0.2, 0.25) is 0 Å². The highest BCUT2D eigenvalue weighted by molar-refractivity contribution is 5.99. The number of amides is 3. The number of carbonyl (C=O) groups excluding carboxylic acids is 6. The Bertz CT molecular complexity index is 1440. The minimum Gasteiger partial charge on any atom is -0.508 e. The van der Waals surface area contributed by atoms with Gasteiger partial charge in [0.05, 0.1) is 0 Å². The monoisotopic (exact) mass is 621 g/mol. The van der Waals surface area contributed by atoms with Crippen LogP contribution in [0.5, 0.6) is 17.2 Å². The number of aromatic hydroxyl groups is 3. The number of hydrogen-bond acceptors (Lipinski definition) is 12. The number of cyclic esters (lactones) is 3. The summed E-state index contributed by atoms with van der Waals surface area (Å²) in [4.78, 5) is 77.5. The normalized spacial score (nSPS) is 18.9. The highest BCUT2D eigenvalue weighted by Crippen LogP contribution is 2.14. The summed E-state index contributed by atoms with van der Waals surface area (Å²) < 4.78 is 15.5. The summed E-state index contributed by atoms with van der Waals surface area (Å²) in [6.45, 7) is -2.35. The second kappa shape index (κ2) is 14.4. The molecule has 6 N–H and O–H groups in total. The first-order valence-corrected chi connectivity index (χ1v) is 13.3. The second-order valence-electron chi connectivity index (χ2n) is 9.62. The Kier molecular flexibility index (Phi) is 10.2. The summed E-state index contributed by atoms with van der Waals surface area (Å²) in [5, 5.41) is 36.1. The lowest BCUT2D eigenvalue weighted by atomic mass is 10.1. The van der Waals surface area contributed by atoms with E-state index in [0.717, 1.165) is 18.2 Å². The molecule has 15 nitrogen and oxygen atoms in total. The molecule has 0 bridgehead atoms. The third-order valence-corrected chi connectivity index (χ3v) is 6.27. The Morgan fingerprint density at radius 2 is 0.778 bits per heavy atom. The number of ether oxygens (including phenoxy) is 3. The molecule has 4 rings (SSSR count). The number of carbonyl (C=O) groups is 6. The van der Waals surface area contributed by atoms with Gasteiger partial charge >= 0.3 is 17.9 Å². The fourth-order valence-corrected chi connectivity index (χ4v) is 3.97. The molecule has 234 valence electrons. The Morgan fingerprint density at radius 1 is 0.511 bits per heavy atom. The minimum atomic E-state index is -1.64. The van der Waals surface area contributed by atoms with Crippen molar-refractivity contribution in [3.63, 3.8) is 0 Å². The van der Waals surface area contributed by atoms with Crippen molar-refractivity contribution in [1.29, 1.82) is 0 Å². The van der Waals surface area contributed by atoms with Crippen molar-refractivity contribution >= 4 is 35.6 Å². The molecule has 1 aliphatic rings. The SMILES string of the molecule is O=C(N[C@H]1COC(=O)[C@@H](NC(=O)c2cccc(O)c2)COC(=O)[C@@H](NC(=O)c2cccc(O)c2)COC1=O)c1cccc(O)c1. The van der Waals surface area contributed by atoms with Crippen LogP contribution in [0.3, 0.4) is 0 Å². The summed E-state index contributed by atoms with van der Waals surface area (Å²) >= 11 is 0. The third kappa shape index (κ3) is 8.70. The van der Waals surface area contributed by atoms with Crippen molar-refractivity contribution in [2.24, 2.45) is 0 Å². The van der Waals surface area contributed by atoms with Crippen LogP contribution in [-0.4, -0.2) is 88.9 Å². The number of esters is 3. The number of hydrogen-bond donors (Lipinski definition) is 6. The molecular weight excluding hydrogens is 594 g/mol. The van der Waals surface area contributed by atoms with Crippen molar-refractivity contribution < 1.29 is 58.3 Å². The van der Waals surface area contributed by atoms with E-state index in [0.29, 0.717) is 0 Å². The van der Waals surface area contributed by atoms with Crippen LogP contribution in [0.25, 0.3) is 0 Å². The molecular formula is C30H27N3O12. The molecule has 1 heterocycles. The lowest BCUT2D eigenvalue weighted by molar-refractivity contribution is -0.160. The van der Waals surface area contributed by atoms with Gasteiger partial charge in [0.15, 0.2) is 18.1 Å². The maximum Gasteiger partial charge on any atom is 0.332 e. The van der Waals surface area contributed by atoms with Crippen LogP contribution in [0.15, 0.2) is 72.8 Å². The van der Waals surface area contributed by atoms with Gasteiger partial charge in [0.25, 0.3) is 17.7 Å². The van der Waals surface area contributed by atoms with Gasteiger partial charge in [-0.2, -0.15) is 0 Å². The first kappa shape index (κ1) is 31.8. The van der Waals surface area contributed by atoms with Crippen LogP contribution in [0.1, 0.15) is 31.1 Å². The third-order valence-electron chi connectivity index (χ3n) is 6.27. The molecule has 1 aliphatic heterocycles. The first-order valence-electron chi connectivity index (χ1n) is 13.3. The number of rotatable bonds is 6. The summed E-state index contributed by atoms with van der Waals surface area (Å²) in [7, 11) is 0. The molecule has 0 aromatic heterocycles. The van der Waals surface area contributed by atoms with Gasteiger partial charge in [0, 0.05) is 16.7 Å². The molecule has 0 unspecified atom stereocenters. The fraction of sp³-hybridized carbons (Fsp3) is 0.200. The molecule has 3 amide bonds. The number of phenolic OH excluding ortho intramolecular Hbond substituents is 3. The van der Waals surface area contributed by atoms with Gasteiger partial charge in [-0.25, -0.2) is 14.4 Å². The van der Waals surface area contributed by atoms with E-state index < -0.39 is 73.6 Å². The maximum atomic E-state index is 13.0. The van der Waals surface area contributed by atoms with Gasteiger partial charge in [-0.3, -0.25) is 14.4 Å². The van der Waals surface area contributed by atoms with Crippen molar-refractivity contribution in [2.45, 2.75) is 18.1 Å². The zero-order valence-electron chi connectivity index (χ0n) is 23.3. The van der Waals surface area contributed by atoms with E-state index in [-0.39, 0.29) is 33.9 Å². The summed E-state index contributed by atoms with van der Waals surface area (Å²) in [6.07, 6.45) is 0. The summed E-state index contributed by atoms with van der Waals surface area (Å²) in [6, 6.07) is 10.6. The molecule has 0 aliphatic carbocycles. The van der Waals surface area contributed by atoms with Gasteiger partial charge in [-0.1, -0.05) is 18.2 Å². The van der Waals surface area contributed by atoms with E-state index in [1.807, 2.05) is 0 Å². The van der Waals surface area contributed by atoms with E-state index in [1.54, 1.807) is 0 Å². The van der Waals surface area contributed by atoms with E-state index in [4.69, 9.17) is 14.2 Å². The number of phenols is 3. The molecule has 0 spiro atoms. The Labute approximate surface area is 254 Å². The minimum absolute atomic E-state index is 0.0451. The summed E-state index contributed by atoms with van der Waals surface area (Å²) in [5.41, 5.74) is -0.135. The smallest absolute Gasteiger partial charge is 0.332 e. The molecule has 0 saturated carbocycles. The van der Waals surface area contributed by atoms with Crippen LogP contribution in [0.2, 0.25) is 0 Å². The van der Waals surface area contributed by atoms with E-state index in [9.17, 15) is 44.1 Å². The topological polar surface area (TPSA) is 227 Å². The predicted octanol–water partition coefficient (Wildman–Crippen LogP) is 0.142. The van der Waals surface area contributed by atoms with Crippen LogP contribution in [-0.2, 0) is 28.6 Å². The Hall–Kier alpha value is -6.12. The molecule has 1 saturated heterocycles. The van der Waals surface area contributed by atoms with Crippen molar-refractivity contribution in [2.75, 3.05) is 19.8 Å². The van der Waals surface area contributed by atoms with Gasteiger partial charge in [-0.15, -0.1) is 0 Å². The van der Waals surface area contributed by atoms with Crippen LogP contribution in [0.4, 0.5) is 0 Å². The summed E-state index contributed by atoms with van der Waals surface area (Å²) in [5.74, 6) is -6.74. The second-order valence-corrected chi connectivity index (χ2v) is 9.62. The average molecular weight is 622 g/mol. The van der Waals surface area contributed by atoms with Crippen LogP contribution >= 0.6 is 0 Å². The highest BCUT2D eigenvalue weighted by atomic mass is 16.6. The van der Waals surface area contributed by atoms with E-state index in [1.165, 1.54) is 54.6 Å². The average Bonchev–Trinajstić information content (AvgIpc) is 3.01. The standard InChI is InChI=1S/C30H27N3O12/c34-19-7-1-4-16(10-19)25(37)31-22-13-43-29(41)24(33-27(39)18-6-3-9-21(36)12-18)15-45-30(42)23(14-44-28(22)40)32-26(38)17-5-2-8-20(35)11-17/h1-12,22-24,34-36H,13-15H2,(H,31,37)(H,32,38)(H,33,39)/t22-,23-,24-/m0/s1. The van der Waals surface area contributed by atoms with Gasteiger partial charge in [0.1, 0.15) is 37.1 Å². The number of nitrogens with one attached hydrogen (secondary N) is 3. The molecule has 3 atom stereocenters. The zero-order valence-corrected chi connectivity index (χ0v) is 23.3. The lowest BCUT2D eigenvalue weighted by Crippen LogP contribution is -2.52. The quantitative estimate of drug-likeness (QED) is 0.160. The molecule has 0 radical (unpaired) electrons. The van der Waals surface area contributed by atoms with Crippen molar-refractivity contribution in [3.8, 4) is 17.2 Å². The predicted molar refractivity (Wildman–Crippen MR) is 151 cm³/mol. The maximum absolute atomic E-state index is 13.0. The van der Waals surface area contributed by atoms with Crippen LogP contribution in [0, 0.1) is 0 Å². The van der Waals surface area contributed by atoms with Crippen molar-refractivity contribution in [3.05, 3.63) is 89.5 Å². The molecule has 45 heavy (non-hydrogen) atoms. The lowest BCUT2D eigenvalue weighted by Gasteiger charge is -2.25. The van der Waals surface area contributed by atoms with Gasteiger partial charge in [-0.05, 0) is 54.6 Å². The first-order chi connectivity index (χ1) is 21.5. The van der Waals surface area contributed by atoms with Gasteiger partial charge < -0.3 is 45.5 Å². The zero-order chi connectivity index (χ0) is 32.5. The highest BCUT2D eigenvalue weighted by Gasteiger charge is 2.33. The Balaban J connectivity index is 1.58. The fourth-order valence-electron chi connectivity index (χ4n) is 3.97. The largest absolute Gasteiger partial charge is 0.508 e. The molecule has 15 heteroatoms. The van der Waals surface area contributed by atoms with Crippen molar-refractivity contribution in [1.82, 2.24) is 16.0 Å². The molecule has 3 aromatic carbocycles. The molecule has 1 fully saturated rings.